The number of amides is 1. The van der Waals surface area contributed by atoms with Crippen LogP contribution >= 0.6 is 0 Å². The van der Waals surface area contributed by atoms with Gasteiger partial charge in [-0.1, -0.05) is 30.3 Å². The zero-order valence-corrected chi connectivity index (χ0v) is 12.2. The third-order valence-corrected chi connectivity index (χ3v) is 3.53. The third-order valence-electron chi connectivity index (χ3n) is 3.53. The summed E-state index contributed by atoms with van der Waals surface area (Å²) in [5.74, 6) is 0. The Kier molecular flexibility index (Phi) is 5.59. The van der Waals surface area contributed by atoms with Gasteiger partial charge >= 0.3 is 6.09 Å². The summed E-state index contributed by atoms with van der Waals surface area (Å²) in [4.78, 5) is 13.5. The molecule has 1 saturated heterocycles. The first kappa shape index (κ1) is 15.3. The highest BCUT2D eigenvalue weighted by molar-refractivity contribution is 5.68. The molecular formula is C16H20N2O3. The van der Waals surface area contributed by atoms with Crippen molar-refractivity contribution < 1.29 is 14.3 Å². The van der Waals surface area contributed by atoms with Crippen molar-refractivity contribution in [3.63, 3.8) is 0 Å². The second kappa shape index (κ2) is 7.65. The van der Waals surface area contributed by atoms with Gasteiger partial charge < -0.3 is 14.4 Å². The van der Waals surface area contributed by atoms with E-state index in [2.05, 4.69) is 6.07 Å². The first-order chi connectivity index (χ1) is 10.2. The summed E-state index contributed by atoms with van der Waals surface area (Å²) >= 11 is 0. The van der Waals surface area contributed by atoms with Crippen molar-refractivity contribution in [3.8, 4) is 6.07 Å². The van der Waals surface area contributed by atoms with Crippen LogP contribution in [0.3, 0.4) is 0 Å². The third kappa shape index (κ3) is 4.20. The van der Waals surface area contributed by atoms with Gasteiger partial charge in [0.2, 0.25) is 0 Å². The zero-order chi connectivity index (χ0) is 15.1. The van der Waals surface area contributed by atoms with Crippen molar-refractivity contribution in [2.24, 2.45) is 0 Å². The van der Waals surface area contributed by atoms with Crippen LogP contribution in [0.4, 0.5) is 4.79 Å². The Morgan fingerprint density at radius 3 is 2.86 bits per heavy atom. The predicted octanol–water partition coefficient (Wildman–Crippen LogP) is 2.72. The number of hydrogen-bond donors (Lipinski definition) is 0. The van der Waals surface area contributed by atoms with E-state index in [0.717, 1.165) is 5.56 Å². The second-order valence-corrected chi connectivity index (χ2v) is 5.02. The van der Waals surface area contributed by atoms with E-state index in [1.165, 1.54) is 0 Å². The van der Waals surface area contributed by atoms with E-state index in [9.17, 15) is 4.79 Å². The standard InChI is InChI=1S/C16H20N2O3/c1-2-20-16(19)18-11-15(10-14(18)8-9-17)21-12-13-6-4-3-5-7-13/h3-7,14-15H,2,8,10-12H2,1H3/t14-,15-/m1/s1. The monoisotopic (exact) mass is 288 g/mol. The van der Waals surface area contributed by atoms with Crippen molar-refractivity contribution in [2.75, 3.05) is 13.2 Å². The molecule has 2 atom stereocenters. The lowest BCUT2D eigenvalue weighted by Crippen LogP contribution is -2.36. The smallest absolute Gasteiger partial charge is 0.410 e. The molecule has 1 aliphatic rings. The fourth-order valence-corrected chi connectivity index (χ4v) is 2.51. The normalized spacial score (nSPS) is 21.0. The van der Waals surface area contributed by atoms with Gasteiger partial charge in [0.05, 0.1) is 44.4 Å². The number of rotatable bonds is 5. The molecule has 1 amide bonds. The van der Waals surface area contributed by atoms with Crippen LogP contribution in [0.1, 0.15) is 25.3 Å². The van der Waals surface area contributed by atoms with Crippen LogP contribution < -0.4 is 0 Å². The first-order valence-electron chi connectivity index (χ1n) is 7.20. The fourth-order valence-electron chi connectivity index (χ4n) is 2.51. The number of nitrogens with zero attached hydrogens (tertiary/aromatic N) is 2. The number of benzene rings is 1. The first-order valence-corrected chi connectivity index (χ1v) is 7.20. The van der Waals surface area contributed by atoms with Gasteiger partial charge in [0, 0.05) is 0 Å². The second-order valence-electron chi connectivity index (χ2n) is 5.02. The average Bonchev–Trinajstić information content (AvgIpc) is 2.90. The van der Waals surface area contributed by atoms with Gasteiger partial charge in [0.25, 0.3) is 0 Å². The SMILES string of the molecule is CCOC(=O)N1C[C@H](OCc2ccccc2)C[C@H]1CC#N. The highest BCUT2D eigenvalue weighted by Crippen LogP contribution is 2.24. The number of likely N-dealkylation sites (tertiary alicyclic amines) is 1. The number of carbonyl (C=O) groups excluding carboxylic acids is 1. The highest BCUT2D eigenvalue weighted by atomic mass is 16.6. The van der Waals surface area contributed by atoms with Crippen LogP contribution in [0.25, 0.3) is 0 Å². The Labute approximate surface area is 125 Å². The van der Waals surface area contributed by atoms with Crippen molar-refractivity contribution in [3.05, 3.63) is 35.9 Å². The van der Waals surface area contributed by atoms with Crippen LogP contribution in [0.15, 0.2) is 30.3 Å². The minimum atomic E-state index is -0.358. The summed E-state index contributed by atoms with van der Waals surface area (Å²) in [5, 5.41) is 8.88. The Morgan fingerprint density at radius 1 is 1.43 bits per heavy atom. The molecular weight excluding hydrogens is 268 g/mol. The van der Waals surface area contributed by atoms with Crippen LogP contribution in [0, 0.1) is 11.3 Å². The van der Waals surface area contributed by atoms with Crippen LogP contribution in [0.2, 0.25) is 0 Å². The number of hydrogen-bond acceptors (Lipinski definition) is 4. The molecule has 5 nitrogen and oxygen atoms in total. The molecule has 2 rings (SSSR count). The van der Waals surface area contributed by atoms with Crippen LogP contribution in [0.5, 0.6) is 0 Å². The molecule has 0 aliphatic carbocycles. The summed E-state index contributed by atoms with van der Waals surface area (Å²) in [6.07, 6.45) is 0.583. The molecule has 1 aliphatic heterocycles. The maximum atomic E-state index is 11.9. The molecule has 5 heteroatoms. The average molecular weight is 288 g/mol. The molecule has 1 heterocycles. The Balaban J connectivity index is 1.91. The van der Waals surface area contributed by atoms with Gasteiger partial charge in [-0.05, 0) is 18.9 Å². The Hall–Kier alpha value is -2.06. The molecule has 1 fully saturated rings. The van der Waals surface area contributed by atoms with Gasteiger partial charge in [-0.3, -0.25) is 0 Å². The molecule has 0 N–H and O–H groups in total. The predicted molar refractivity (Wildman–Crippen MR) is 77.4 cm³/mol. The number of nitriles is 1. The van der Waals surface area contributed by atoms with E-state index in [1.807, 2.05) is 30.3 Å². The molecule has 0 saturated carbocycles. The lowest BCUT2D eigenvalue weighted by atomic mass is 10.1. The minimum Gasteiger partial charge on any atom is -0.450 e. The topological polar surface area (TPSA) is 62.6 Å². The quantitative estimate of drug-likeness (QED) is 0.835. The Morgan fingerprint density at radius 2 is 2.19 bits per heavy atom. The number of carbonyl (C=O) groups is 1. The van der Waals surface area contributed by atoms with E-state index in [4.69, 9.17) is 14.7 Å². The lowest BCUT2D eigenvalue weighted by molar-refractivity contribution is 0.0442. The van der Waals surface area contributed by atoms with E-state index < -0.39 is 0 Å². The van der Waals surface area contributed by atoms with Crippen molar-refractivity contribution in [1.29, 1.82) is 5.26 Å². The summed E-state index contributed by atoms with van der Waals surface area (Å²) in [6.45, 7) is 3.11. The molecule has 0 aromatic heterocycles. The van der Waals surface area contributed by atoms with Crippen molar-refractivity contribution in [2.45, 2.75) is 38.5 Å². The van der Waals surface area contributed by atoms with Gasteiger partial charge in [0.1, 0.15) is 0 Å². The molecule has 1 aromatic carbocycles. The Bertz CT molecular complexity index is 498. The molecule has 1 aromatic rings. The lowest BCUT2D eigenvalue weighted by Gasteiger charge is -2.21. The molecule has 112 valence electrons. The van der Waals surface area contributed by atoms with E-state index in [-0.39, 0.29) is 18.2 Å². The van der Waals surface area contributed by atoms with Crippen molar-refractivity contribution >= 4 is 6.09 Å². The van der Waals surface area contributed by atoms with Gasteiger partial charge in [-0.25, -0.2) is 4.79 Å². The summed E-state index contributed by atoms with van der Waals surface area (Å²) in [7, 11) is 0. The fraction of sp³-hybridized carbons (Fsp3) is 0.500. The van der Waals surface area contributed by atoms with E-state index in [0.29, 0.717) is 32.6 Å². The molecule has 0 unspecified atom stereocenters. The molecule has 0 radical (unpaired) electrons. The zero-order valence-electron chi connectivity index (χ0n) is 12.2. The molecule has 0 bridgehead atoms. The largest absolute Gasteiger partial charge is 0.450 e. The van der Waals surface area contributed by atoms with Gasteiger partial charge in [0.15, 0.2) is 0 Å². The van der Waals surface area contributed by atoms with E-state index >= 15 is 0 Å². The minimum absolute atomic E-state index is 0.0482. The van der Waals surface area contributed by atoms with Gasteiger partial charge in [-0.2, -0.15) is 5.26 Å². The molecule has 21 heavy (non-hydrogen) atoms. The van der Waals surface area contributed by atoms with Crippen molar-refractivity contribution in [1.82, 2.24) is 4.90 Å². The maximum absolute atomic E-state index is 11.9. The van der Waals surface area contributed by atoms with Crippen LogP contribution in [-0.4, -0.2) is 36.3 Å². The molecule has 0 spiro atoms. The van der Waals surface area contributed by atoms with E-state index in [1.54, 1.807) is 11.8 Å². The van der Waals surface area contributed by atoms with Gasteiger partial charge in [-0.15, -0.1) is 0 Å². The summed E-state index contributed by atoms with van der Waals surface area (Å²) in [6, 6.07) is 11.9. The van der Waals surface area contributed by atoms with Crippen LogP contribution in [-0.2, 0) is 16.1 Å². The highest BCUT2D eigenvalue weighted by Gasteiger charge is 2.36. The summed E-state index contributed by atoms with van der Waals surface area (Å²) < 4.78 is 10.9. The summed E-state index contributed by atoms with van der Waals surface area (Å²) in [5.41, 5.74) is 1.10. The maximum Gasteiger partial charge on any atom is 0.410 e. The number of ether oxygens (including phenoxy) is 2.